The maximum absolute atomic E-state index is 11.0. The number of hydrogen-bond acceptors (Lipinski definition) is 4. The Morgan fingerprint density at radius 2 is 1.79 bits per heavy atom. The molecule has 76 valence electrons. The van der Waals surface area contributed by atoms with Crippen LogP contribution in [0.3, 0.4) is 0 Å². The predicted molar refractivity (Wildman–Crippen MR) is 44.7 cm³/mol. The number of carbonyl (C=O) groups is 3. The maximum Gasteiger partial charge on any atom is 0.253 e. The van der Waals surface area contributed by atoms with Crippen LogP contribution in [0.15, 0.2) is 12.2 Å². The van der Waals surface area contributed by atoms with Gasteiger partial charge in [-0.3, -0.25) is 14.5 Å². The van der Waals surface area contributed by atoms with Gasteiger partial charge in [-0.15, -0.1) is 0 Å². The highest BCUT2D eigenvalue weighted by atomic mass is 16.4. The molecule has 0 radical (unpaired) electrons. The van der Waals surface area contributed by atoms with Crippen LogP contribution in [0.5, 0.6) is 0 Å². The van der Waals surface area contributed by atoms with Crippen LogP contribution in [-0.2, 0) is 14.4 Å². The molecule has 0 saturated carbocycles. The average molecular weight is 196 g/mol. The van der Waals surface area contributed by atoms with Gasteiger partial charge in [-0.2, -0.15) is 0 Å². The lowest BCUT2D eigenvalue weighted by atomic mass is 10.2. The third kappa shape index (κ3) is 2.69. The highest BCUT2D eigenvalue weighted by Crippen LogP contribution is 2.06. The smallest absolute Gasteiger partial charge is 0.253 e. The molecule has 0 bridgehead atoms. The summed E-state index contributed by atoms with van der Waals surface area (Å²) in [6.45, 7) is 0.276. The van der Waals surface area contributed by atoms with Crippen molar-refractivity contribution in [2.45, 2.75) is 19.3 Å². The second kappa shape index (κ2) is 4.55. The molecule has 1 aliphatic rings. The average Bonchev–Trinajstić information content (AvgIpc) is 2.42. The van der Waals surface area contributed by atoms with Gasteiger partial charge in [-0.05, 0) is 19.3 Å². The lowest BCUT2D eigenvalue weighted by Gasteiger charge is -2.13. The van der Waals surface area contributed by atoms with E-state index in [4.69, 9.17) is 0 Å². The Bertz CT molecular complexity index is 277. The molecule has 0 unspecified atom stereocenters. The second-order valence-corrected chi connectivity index (χ2v) is 2.99. The van der Waals surface area contributed by atoms with Crippen LogP contribution in [0.2, 0.25) is 0 Å². The lowest BCUT2D eigenvalue weighted by Crippen LogP contribution is -2.31. The number of unbranched alkanes of at least 4 members (excludes halogenated alkanes) is 1. The number of rotatable bonds is 5. The minimum atomic E-state index is -1.11. The van der Waals surface area contributed by atoms with Crippen molar-refractivity contribution in [2.75, 3.05) is 6.54 Å². The Balaban J connectivity index is 2.22. The van der Waals surface area contributed by atoms with Crippen molar-refractivity contribution in [1.82, 2.24) is 4.90 Å². The molecule has 5 heteroatoms. The molecule has 0 aliphatic carbocycles. The zero-order chi connectivity index (χ0) is 10.6. The number of aliphatic carboxylic acids is 1. The van der Waals surface area contributed by atoms with Crippen molar-refractivity contribution in [2.24, 2.45) is 0 Å². The number of carbonyl (C=O) groups excluding carboxylic acids is 3. The highest BCUT2D eigenvalue weighted by Gasteiger charge is 2.21. The molecule has 0 N–H and O–H groups in total. The van der Waals surface area contributed by atoms with Crippen molar-refractivity contribution < 1.29 is 19.5 Å². The van der Waals surface area contributed by atoms with Crippen LogP contribution in [-0.4, -0.2) is 29.2 Å². The number of amides is 2. The third-order valence-electron chi connectivity index (χ3n) is 1.91. The van der Waals surface area contributed by atoms with E-state index in [0.717, 1.165) is 4.90 Å². The first kappa shape index (κ1) is 10.4. The standard InChI is InChI=1S/C9H11NO4/c11-7-4-5-8(12)10(7)6-2-1-3-9(13)14/h4-5H,1-3,6H2,(H,13,14)/p-1. The fourth-order valence-electron chi connectivity index (χ4n) is 1.19. The third-order valence-corrected chi connectivity index (χ3v) is 1.91. The van der Waals surface area contributed by atoms with Crippen molar-refractivity contribution >= 4 is 17.8 Å². The van der Waals surface area contributed by atoms with Crippen molar-refractivity contribution in [1.29, 1.82) is 0 Å². The van der Waals surface area contributed by atoms with Gasteiger partial charge in [-0.1, -0.05) is 0 Å². The number of carboxylic acids is 1. The molecular formula is C9H10NO4-. The fraction of sp³-hybridized carbons (Fsp3) is 0.444. The summed E-state index contributed by atoms with van der Waals surface area (Å²) in [5, 5.41) is 10.1. The highest BCUT2D eigenvalue weighted by molar-refractivity contribution is 6.12. The van der Waals surface area contributed by atoms with Crippen molar-refractivity contribution in [3.8, 4) is 0 Å². The summed E-state index contributed by atoms with van der Waals surface area (Å²) in [4.78, 5) is 33.2. The summed E-state index contributed by atoms with van der Waals surface area (Å²) in [5.74, 6) is -1.77. The van der Waals surface area contributed by atoms with Crippen molar-refractivity contribution in [3.05, 3.63) is 12.2 Å². The summed E-state index contributed by atoms with van der Waals surface area (Å²) >= 11 is 0. The Hall–Kier alpha value is -1.65. The van der Waals surface area contributed by atoms with E-state index in [1.54, 1.807) is 0 Å². The summed E-state index contributed by atoms with van der Waals surface area (Å²) in [7, 11) is 0. The lowest BCUT2D eigenvalue weighted by molar-refractivity contribution is -0.305. The van der Waals surface area contributed by atoms with Crippen molar-refractivity contribution in [3.63, 3.8) is 0 Å². The van der Waals surface area contributed by atoms with Crippen LogP contribution in [0.1, 0.15) is 19.3 Å². The normalized spacial score (nSPS) is 15.3. The predicted octanol–water partition coefficient (Wildman–Crippen LogP) is -1.17. The van der Waals surface area contributed by atoms with Gasteiger partial charge in [-0.25, -0.2) is 0 Å². The topological polar surface area (TPSA) is 77.5 Å². The molecule has 14 heavy (non-hydrogen) atoms. The molecule has 0 aromatic carbocycles. The molecule has 1 aliphatic heterocycles. The van der Waals surface area contributed by atoms with E-state index in [1.807, 2.05) is 0 Å². The molecule has 2 amide bonds. The Kier molecular flexibility index (Phi) is 3.39. The molecule has 5 nitrogen and oxygen atoms in total. The van der Waals surface area contributed by atoms with E-state index in [-0.39, 0.29) is 24.8 Å². The van der Waals surface area contributed by atoms with E-state index in [1.165, 1.54) is 12.2 Å². The van der Waals surface area contributed by atoms with E-state index in [2.05, 4.69) is 0 Å². The van der Waals surface area contributed by atoms with Gasteiger partial charge in [0.05, 0.1) is 0 Å². The molecule has 1 heterocycles. The first-order valence-electron chi connectivity index (χ1n) is 4.34. The quantitative estimate of drug-likeness (QED) is 0.410. The molecular weight excluding hydrogens is 186 g/mol. The van der Waals surface area contributed by atoms with Gasteiger partial charge in [0.1, 0.15) is 0 Å². The molecule has 0 saturated heterocycles. The monoisotopic (exact) mass is 196 g/mol. The fourth-order valence-corrected chi connectivity index (χ4v) is 1.19. The molecule has 0 aromatic rings. The summed E-state index contributed by atoms with van der Waals surface area (Å²) in [5.41, 5.74) is 0. The Morgan fingerprint density at radius 3 is 2.29 bits per heavy atom. The van der Waals surface area contributed by atoms with Crippen LogP contribution < -0.4 is 5.11 Å². The van der Waals surface area contributed by atoms with Crippen LogP contribution in [0.4, 0.5) is 0 Å². The van der Waals surface area contributed by atoms with Gasteiger partial charge in [0, 0.05) is 24.7 Å². The largest absolute Gasteiger partial charge is 0.550 e. The summed E-state index contributed by atoms with van der Waals surface area (Å²) in [6.07, 6.45) is 3.29. The summed E-state index contributed by atoms with van der Waals surface area (Å²) < 4.78 is 0. The van der Waals surface area contributed by atoms with Gasteiger partial charge >= 0.3 is 0 Å². The van der Waals surface area contributed by atoms with Gasteiger partial charge in [0.25, 0.3) is 11.8 Å². The minimum absolute atomic E-state index is 0.0380. The first-order chi connectivity index (χ1) is 6.61. The number of carboxylic acid groups (broad SMARTS) is 1. The molecule has 0 aromatic heterocycles. The molecule has 0 atom stereocenters. The molecule has 1 rings (SSSR count). The number of nitrogens with zero attached hydrogens (tertiary/aromatic N) is 1. The van der Waals surface area contributed by atoms with E-state index < -0.39 is 5.97 Å². The van der Waals surface area contributed by atoms with Gasteiger partial charge in [0.15, 0.2) is 0 Å². The minimum Gasteiger partial charge on any atom is -0.550 e. The van der Waals surface area contributed by atoms with Crippen LogP contribution >= 0.6 is 0 Å². The van der Waals surface area contributed by atoms with E-state index >= 15 is 0 Å². The summed E-state index contributed by atoms with van der Waals surface area (Å²) in [6, 6.07) is 0. The van der Waals surface area contributed by atoms with E-state index in [9.17, 15) is 19.5 Å². The number of imide groups is 1. The zero-order valence-corrected chi connectivity index (χ0v) is 7.56. The SMILES string of the molecule is O=C([O-])CCCCN1C(=O)C=CC1=O. The van der Waals surface area contributed by atoms with Gasteiger partial charge < -0.3 is 9.90 Å². The first-order valence-corrected chi connectivity index (χ1v) is 4.34. The van der Waals surface area contributed by atoms with Crippen LogP contribution in [0.25, 0.3) is 0 Å². The zero-order valence-electron chi connectivity index (χ0n) is 7.56. The molecule has 0 spiro atoms. The molecule has 0 fully saturated rings. The Labute approximate surface area is 81.0 Å². The van der Waals surface area contributed by atoms with Crippen LogP contribution in [0, 0.1) is 0 Å². The maximum atomic E-state index is 11.0. The Morgan fingerprint density at radius 1 is 1.21 bits per heavy atom. The second-order valence-electron chi connectivity index (χ2n) is 2.99. The van der Waals surface area contributed by atoms with E-state index in [0.29, 0.717) is 12.8 Å². The number of hydrogen-bond donors (Lipinski definition) is 0. The van der Waals surface area contributed by atoms with Gasteiger partial charge in [0.2, 0.25) is 0 Å².